The van der Waals surface area contributed by atoms with Gasteiger partial charge in [0.1, 0.15) is 0 Å². The van der Waals surface area contributed by atoms with Crippen LogP contribution in [0.15, 0.2) is 54.6 Å². The van der Waals surface area contributed by atoms with E-state index in [4.69, 9.17) is 12.2 Å². The van der Waals surface area contributed by atoms with Crippen molar-refractivity contribution in [3.63, 3.8) is 0 Å². The Hall–Kier alpha value is -3.26. The zero-order chi connectivity index (χ0) is 20.1. The predicted molar refractivity (Wildman–Crippen MR) is 113 cm³/mol. The standard InChI is InChI=1S/C20H21N5O2S/c1-14-19(15(2)24(23-14)13-16-6-4-3-5-7-16)12-21-20(28)22-17-8-10-18(11-9-17)25(26)27/h3-11H,12-13H2,1-2H3,(H2,21,22,28). The molecular formula is C20H21N5O2S. The number of aromatic nitrogens is 2. The molecule has 28 heavy (non-hydrogen) atoms. The van der Waals surface area contributed by atoms with Crippen LogP contribution in [0.1, 0.15) is 22.5 Å². The van der Waals surface area contributed by atoms with E-state index in [-0.39, 0.29) is 5.69 Å². The molecule has 0 amide bonds. The van der Waals surface area contributed by atoms with Crippen LogP contribution in [0.3, 0.4) is 0 Å². The number of non-ortho nitro benzene ring substituents is 1. The van der Waals surface area contributed by atoms with Gasteiger partial charge in [0, 0.05) is 35.6 Å². The van der Waals surface area contributed by atoms with Crippen LogP contribution < -0.4 is 10.6 Å². The van der Waals surface area contributed by atoms with Gasteiger partial charge in [0.05, 0.1) is 17.2 Å². The lowest BCUT2D eigenvalue weighted by atomic mass is 10.2. The fraction of sp³-hybridized carbons (Fsp3) is 0.200. The van der Waals surface area contributed by atoms with E-state index in [0.29, 0.717) is 17.3 Å². The molecule has 3 aromatic rings. The molecule has 0 atom stereocenters. The first-order valence-corrected chi connectivity index (χ1v) is 9.21. The second-order valence-electron chi connectivity index (χ2n) is 6.40. The van der Waals surface area contributed by atoms with E-state index < -0.39 is 4.92 Å². The van der Waals surface area contributed by atoms with Gasteiger partial charge in [-0.2, -0.15) is 5.10 Å². The fourth-order valence-corrected chi connectivity index (χ4v) is 3.10. The number of nitro groups is 1. The number of nitrogens with one attached hydrogen (secondary N) is 2. The fourth-order valence-electron chi connectivity index (χ4n) is 2.91. The lowest BCUT2D eigenvalue weighted by Crippen LogP contribution is -2.28. The summed E-state index contributed by atoms with van der Waals surface area (Å²) in [6, 6.07) is 16.3. The van der Waals surface area contributed by atoms with Crippen LogP contribution in [-0.4, -0.2) is 19.8 Å². The number of hydrogen-bond acceptors (Lipinski definition) is 4. The van der Waals surface area contributed by atoms with Gasteiger partial charge in [-0.3, -0.25) is 14.8 Å². The summed E-state index contributed by atoms with van der Waals surface area (Å²) in [6.45, 7) is 5.30. The number of hydrogen-bond donors (Lipinski definition) is 2. The molecule has 0 aliphatic rings. The van der Waals surface area contributed by atoms with Gasteiger partial charge in [0.15, 0.2) is 5.11 Å². The number of nitro benzene ring substituents is 1. The van der Waals surface area contributed by atoms with E-state index in [0.717, 1.165) is 23.5 Å². The normalized spacial score (nSPS) is 10.5. The van der Waals surface area contributed by atoms with Crippen molar-refractivity contribution in [1.29, 1.82) is 0 Å². The Balaban J connectivity index is 1.61. The van der Waals surface area contributed by atoms with Gasteiger partial charge >= 0.3 is 0 Å². The number of benzene rings is 2. The molecule has 0 saturated heterocycles. The molecule has 7 nitrogen and oxygen atoms in total. The summed E-state index contributed by atoms with van der Waals surface area (Å²) in [5.74, 6) is 0. The Labute approximate surface area is 168 Å². The van der Waals surface area contributed by atoms with Gasteiger partial charge < -0.3 is 10.6 Å². The average molecular weight is 395 g/mol. The third-order valence-electron chi connectivity index (χ3n) is 4.47. The van der Waals surface area contributed by atoms with E-state index in [9.17, 15) is 10.1 Å². The third kappa shape index (κ3) is 4.72. The lowest BCUT2D eigenvalue weighted by molar-refractivity contribution is -0.384. The number of aryl methyl sites for hydroxylation is 1. The molecule has 0 radical (unpaired) electrons. The van der Waals surface area contributed by atoms with E-state index >= 15 is 0 Å². The van der Waals surface area contributed by atoms with E-state index in [1.165, 1.54) is 17.7 Å². The second kappa shape index (κ2) is 8.62. The summed E-state index contributed by atoms with van der Waals surface area (Å²) in [6.07, 6.45) is 0. The summed E-state index contributed by atoms with van der Waals surface area (Å²) in [4.78, 5) is 10.3. The highest BCUT2D eigenvalue weighted by Gasteiger charge is 2.12. The lowest BCUT2D eigenvalue weighted by Gasteiger charge is -2.11. The Morgan fingerprint density at radius 2 is 1.82 bits per heavy atom. The highest BCUT2D eigenvalue weighted by molar-refractivity contribution is 7.80. The molecule has 0 unspecified atom stereocenters. The summed E-state index contributed by atoms with van der Waals surface area (Å²) in [5, 5.41) is 22.0. The molecule has 2 aromatic carbocycles. The average Bonchev–Trinajstić information content (AvgIpc) is 2.94. The van der Waals surface area contributed by atoms with Gasteiger partial charge in [-0.15, -0.1) is 0 Å². The Bertz CT molecular complexity index is 984. The van der Waals surface area contributed by atoms with Gasteiger partial charge in [0.2, 0.25) is 0 Å². The second-order valence-corrected chi connectivity index (χ2v) is 6.81. The van der Waals surface area contributed by atoms with Crippen LogP contribution in [0.4, 0.5) is 11.4 Å². The van der Waals surface area contributed by atoms with Crippen molar-refractivity contribution in [3.8, 4) is 0 Å². The van der Waals surface area contributed by atoms with Crippen molar-refractivity contribution in [2.24, 2.45) is 0 Å². The quantitative estimate of drug-likeness (QED) is 0.374. The zero-order valence-electron chi connectivity index (χ0n) is 15.7. The van der Waals surface area contributed by atoms with Crippen molar-refractivity contribution in [3.05, 3.63) is 87.2 Å². The topological polar surface area (TPSA) is 85.0 Å². The van der Waals surface area contributed by atoms with Crippen LogP contribution >= 0.6 is 12.2 Å². The summed E-state index contributed by atoms with van der Waals surface area (Å²) < 4.78 is 1.99. The van der Waals surface area contributed by atoms with Crippen molar-refractivity contribution in [2.75, 3.05) is 5.32 Å². The van der Waals surface area contributed by atoms with Gasteiger partial charge in [0.25, 0.3) is 5.69 Å². The zero-order valence-corrected chi connectivity index (χ0v) is 16.5. The number of nitrogens with zero attached hydrogens (tertiary/aromatic N) is 3. The molecule has 0 spiro atoms. The molecule has 0 aliphatic carbocycles. The Morgan fingerprint density at radius 1 is 1.14 bits per heavy atom. The molecule has 2 N–H and O–H groups in total. The summed E-state index contributed by atoms with van der Waals surface area (Å²) in [7, 11) is 0. The molecule has 8 heteroatoms. The molecule has 0 fully saturated rings. The van der Waals surface area contributed by atoms with Gasteiger partial charge in [-0.05, 0) is 43.8 Å². The molecule has 1 heterocycles. The van der Waals surface area contributed by atoms with E-state index in [1.807, 2.05) is 36.7 Å². The summed E-state index contributed by atoms with van der Waals surface area (Å²) >= 11 is 5.33. The molecular weight excluding hydrogens is 374 g/mol. The molecule has 144 valence electrons. The molecule has 0 bridgehead atoms. The number of rotatable bonds is 6. The largest absolute Gasteiger partial charge is 0.358 e. The highest BCUT2D eigenvalue weighted by Crippen LogP contribution is 2.16. The Morgan fingerprint density at radius 3 is 2.46 bits per heavy atom. The number of thiocarbonyl (C=S) groups is 1. The van der Waals surface area contributed by atoms with Crippen molar-refractivity contribution < 1.29 is 4.92 Å². The minimum atomic E-state index is -0.432. The van der Waals surface area contributed by atoms with Crippen molar-refractivity contribution >= 4 is 28.7 Å². The van der Waals surface area contributed by atoms with Crippen molar-refractivity contribution in [2.45, 2.75) is 26.9 Å². The molecule has 3 rings (SSSR count). The first kappa shape index (κ1) is 19.5. The first-order valence-electron chi connectivity index (χ1n) is 8.80. The molecule has 0 aliphatic heterocycles. The van der Waals surface area contributed by atoms with Crippen LogP contribution in [0.25, 0.3) is 0 Å². The van der Waals surface area contributed by atoms with Crippen LogP contribution in [0.5, 0.6) is 0 Å². The molecule has 1 aromatic heterocycles. The highest BCUT2D eigenvalue weighted by atomic mass is 32.1. The molecule has 0 saturated carbocycles. The van der Waals surface area contributed by atoms with Gasteiger partial charge in [-0.1, -0.05) is 30.3 Å². The minimum Gasteiger partial charge on any atom is -0.358 e. The predicted octanol–water partition coefficient (Wildman–Crippen LogP) is 3.94. The maximum absolute atomic E-state index is 10.7. The SMILES string of the molecule is Cc1nn(Cc2ccccc2)c(C)c1CNC(=S)Nc1ccc([N+](=O)[O-])cc1. The van der Waals surface area contributed by atoms with Crippen LogP contribution in [0, 0.1) is 24.0 Å². The maximum atomic E-state index is 10.7. The van der Waals surface area contributed by atoms with Crippen LogP contribution in [0.2, 0.25) is 0 Å². The Kier molecular flexibility index (Phi) is 6.00. The maximum Gasteiger partial charge on any atom is 0.269 e. The smallest absolute Gasteiger partial charge is 0.269 e. The van der Waals surface area contributed by atoms with Gasteiger partial charge in [-0.25, -0.2) is 0 Å². The first-order chi connectivity index (χ1) is 13.4. The van der Waals surface area contributed by atoms with E-state index in [2.05, 4.69) is 27.9 Å². The van der Waals surface area contributed by atoms with Crippen molar-refractivity contribution in [1.82, 2.24) is 15.1 Å². The monoisotopic (exact) mass is 395 g/mol. The minimum absolute atomic E-state index is 0.0431. The summed E-state index contributed by atoms with van der Waals surface area (Å²) in [5.41, 5.74) is 5.08. The third-order valence-corrected chi connectivity index (χ3v) is 4.71. The van der Waals surface area contributed by atoms with E-state index in [1.54, 1.807) is 12.1 Å². The number of anilines is 1. The van der Waals surface area contributed by atoms with Crippen LogP contribution in [-0.2, 0) is 13.1 Å².